The van der Waals surface area contributed by atoms with Gasteiger partial charge >= 0.3 is 0 Å². The van der Waals surface area contributed by atoms with Gasteiger partial charge in [-0.3, -0.25) is 4.99 Å². The zero-order chi connectivity index (χ0) is 7.52. The van der Waals surface area contributed by atoms with Gasteiger partial charge in [0, 0.05) is 12.0 Å². The Labute approximate surface area is 72.4 Å². The van der Waals surface area contributed by atoms with Gasteiger partial charge < -0.3 is 4.90 Å². The molecule has 0 spiro atoms. The van der Waals surface area contributed by atoms with Crippen LogP contribution in [0, 0.1) is 0 Å². The molecule has 2 aliphatic heterocycles. The second kappa shape index (κ2) is 3.27. The van der Waals surface area contributed by atoms with Crippen LogP contribution in [-0.2, 0) is 0 Å². The van der Waals surface area contributed by atoms with Crippen molar-refractivity contribution >= 4 is 28.1 Å². The van der Waals surface area contributed by atoms with Gasteiger partial charge in [0.2, 0.25) is 0 Å². The van der Waals surface area contributed by atoms with E-state index in [0.717, 1.165) is 18.9 Å². The monoisotopic (exact) mass is 186 g/mol. The average Bonchev–Trinajstić information content (AvgIpc) is 2.58. The predicted octanol–water partition coefficient (Wildman–Crippen LogP) is 1.89. The maximum absolute atomic E-state index is 4.08. The first kappa shape index (κ1) is 7.17. The van der Waals surface area contributed by atoms with Gasteiger partial charge in [0.15, 0.2) is 5.82 Å². The topological polar surface area (TPSA) is 40.3 Å². The maximum Gasteiger partial charge on any atom is 0.164 e. The molecule has 0 radical (unpaired) electrons. The Bertz CT molecular complexity index is 235. The van der Waals surface area contributed by atoms with Crippen LogP contribution in [0.15, 0.2) is 25.9 Å². The molecule has 0 atom stereocenters. The molecule has 6 heteroatoms. The summed E-state index contributed by atoms with van der Waals surface area (Å²) >= 11 is 0. The maximum atomic E-state index is 4.08. The second-order valence-electron chi connectivity index (χ2n) is 2.04. The molecule has 0 amide bonds. The Kier molecular flexibility index (Phi) is 2.13. The molecule has 0 saturated carbocycles. The van der Waals surface area contributed by atoms with Crippen LogP contribution >= 0.6 is 21.8 Å². The zero-order valence-electron chi connectivity index (χ0n) is 5.67. The van der Waals surface area contributed by atoms with Crippen LogP contribution in [0.2, 0.25) is 0 Å². The van der Waals surface area contributed by atoms with Crippen molar-refractivity contribution in [3.63, 3.8) is 0 Å². The largest absolute Gasteiger partial charge is 0.314 e. The summed E-state index contributed by atoms with van der Waals surface area (Å²) in [6.45, 7) is 1.79. The first-order valence-electron chi connectivity index (χ1n) is 3.17. The van der Waals surface area contributed by atoms with Gasteiger partial charge in [0.25, 0.3) is 0 Å². The fourth-order valence-electron chi connectivity index (χ4n) is 0.844. The van der Waals surface area contributed by atoms with Crippen molar-refractivity contribution in [3.8, 4) is 0 Å². The molecule has 0 aromatic heterocycles. The molecular weight excluding hydrogens is 180 g/mol. The summed E-state index contributed by atoms with van der Waals surface area (Å²) in [7, 11) is 2.97. The van der Waals surface area contributed by atoms with Gasteiger partial charge in [0.05, 0.1) is 23.9 Å². The van der Waals surface area contributed by atoms with E-state index in [1.807, 2.05) is 10.3 Å². The molecule has 4 nitrogen and oxygen atoms in total. The van der Waals surface area contributed by atoms with Gasteiger partial charge in [-0.05, 0) is 10.8 Å². The van der Waals surface area contributed by atoms with Crippen molar-refractivity contribution in [2.45, 2.75) is 0 Å². The van der Waals surface area contributed by atoms with Crippen molar-refractivity contribution in [1.29, 1.82) is 0 Å². The van der Waals surface area contributed by atoms with E-state index in [1.54, 1.807) is 17.1 Å². The van der Waals surface area contributed by atoms with Crippen molar-refractivity contribution in [2.75, 3.05) is 13.1 Å². The van der Waals surface area contributed by atoms with Crippen LogP contribution < -0.4 is 0 Å². The van der Waals surface area contributed by atoms with Gasteiger partial charge in [-0.15, -0.1) is 9.63 Å². The SMILES string of the molecule is C1=NCCN1C1=CSSN=N1. The van der Waals surface area contributed by atoms with E-state index in [-0.39, 0.29) is 0 Å². The minimum atomic E-state index is 0.866. The molecule has 11 heavy (non-hydrogen) atoms. The van der Waals surface area contributed by atoms with E-state index in [0.29, 0.717) is 0 Å². The Morgan fingerprint density at radius 2 is 2.55 bits per heavy atom. The quantitative estimate of drug-likeness (QED) is 0.464. The van der Waals surface area contributed by atoms with E-state index < -0.39 is 0 Å². The lowest BCUT2D eigenvalue weighted by atomic mass is 10.6. The van der Waals surface area contributed by atoms with Crippen molar-refractivity contribution < 1.29 is 0 Å². The Morgan fingerprint density at radius 1 is 1.55 bits per heavy atom. The highest BCUT2D eigenvalue weighted by atomic mass is 33.1. The van der Waals surface area contributed by atoms with E-state index in [1.165, 1.54) is 11.0 Å². The number of nitrogens with zero attached hydrogens (tertiary/aromatic N) is 4. The van der Waals surface area contributed by atoms with Crippen LogP contribution in [-0.4, -0.2) is 24.3 Å². The van der Waals surface area contributed by atoms with Crippen molar-refractivity contribution in [1.82, 2.24) is 4.90 Å². The van der Waals surface area contributed by atoms with Crippen molar-refractivity contribution in [2.24, 2.45) is 14.6 Å². The van der Waals surface area contributed by atoms with E-state index in [9.17, 15) is 0 Å². The number of rotatable bonds is 1. The summed E-state index contributed by atoms with van der Waals surface area (Å²) in [4.78, 5) is 6.08. The molecule has 2 heterocycles. The van der Waals surface area contributed by atoms with E-state index in [2.05, 4.69) is 14.6 Å². The summed E-state index contributed by atoms with van der Waals surface area (Å²) in [6.07, 6.45) is 1.81. The molecule has 0 N–H and O–H groups in total. The first-order chi connectivity index (χ1) is 5.47. The molecule has 2 rings (SSSR count). The fraction of sp³-hybridized carbons (Fsp3) is 0.400. The third kappa shape index (κ3) is 1.57. The Morgan fingerprint density at radius 3 is 3.18 bits per heavy atom. The number of hydrogen-bond donors (Lipinski definition) is 0. The summed E-state index contributed by atoms with van der Waals surface area (Å²) in [5.74, 6) is 0.898. The summed E-state index contributed by atoms with van der Waals surface area (Å²) in [6, 6.07) is 0. The highest BCUT2D eigenvalue weighted by molar-refractivity contribution is 8.77. The molecule has 0 saturated heterocycles. The fourth-order valence-corrected chi connectivity index (χ4v) is 1.91. The van der Waals surface area contributed by atoms with Crippen LogP contribution in [0.4, 0.5) is 0 Å². The lowest BCUT2D eigenvalue weighted by Gasteiger charge is -2.13. The van der Waals surface area contributed by atoms with Gasteiger partial charge in [-0.25, -0.2) is 0 Å². The highest BCUT2D eigenvalue weighted by Gasteiger charge is 2.12. The Hall–Kier alpha value is -0.490. The van der Waals surface area contributed by atoms with Gasteiger partial charge in [-0.1, -0.05) is 0 Å². The molecule has 0 fully saturated rings. The summed E-state index contributed by atoms with van der Waals surface area (Å²) in [5, 5.41) is 5.96. The van der Waals surface area contributed by atoms with Crippen LogP contribution in [0.25, 0.3) is 0 Å². The summed E-state index contributed by atoms with van der Waals surface area (Å²) in [5.41, 5.74) is 0. The third-order valence-electron chi connectivity index (χ3n) is 1.36. The van der Waals surface area contributed by atoms with Gasteiger partial charge in [-0.2, -0.15) is 0 Å². The smallest absolute Gasteiger partial charge is 0.164 e. The first-order valence-corrected chi connectivity index (χ1v) is 5.34. The molecule has 2 aliphatic rings. The third-order valence-corrected chi connectivity index (χ3v) is 2.65. The van der Waals surface area contributed by atoms with Crippen molar-refractivity contribution in [3.05, 3.63) is 11.2 Å². The van der Waals surface area contributed by atoms with Crippen LogP contribution in [0.5, 0.6) is 0 Å². The average molecular weight is 186 g/mol. The predicted molar refractivity (Wildman–Crippen MR) is 48.2 cm³/mol. The highest BCUT2D eigenvalue weighted by Crippen LogP contribution is 2.31. The standard InChI is InChI=1S/C5H6N4S2/c1-2-9(4-6-1)5-3-10-11-8-7-5/h3-4H,1-2H2. The van der Waals surface area contributed by atoms with Crippen LogP contribution in [0.3, 0.4) is 0 Å². The Balaban J connectivity index is 2.08. The minimum absolute atomic E-state index is 0.866. The molecule has 0 bridgehead atoms. The number of hydrogen-bond acceptors (Lipinski definition) is 6. The molecule has 0 aromatic rings. The van der Waals surface area contributed by atoms with Crippen LogP contribution in [0.1, 0.15) is 0 Å². The normalized spacial score (nSPS) is 22.5. The summed E-state index contributed by atoms with van der Waals surface area (Å²) < 4.78 is 3.84. The van der Waals surface area contributed by atoms with E-state index in [4.69, 9.17) is 0 Å². The molecule has 0 aromatic carbocycles. The lowest BCUT2D eigenvalue weighted by molar-refractivity contribution is 0.562. The second-order valence-corrected chi connectivity index (χ2v) is 3.81. The van der Waals surface area contributed by atoms with E-state index >= 15 is 0 Å². The minimum Gasteiger partial charge on any atom is -0.314 e. The number of aliphatic imine (C=N–C) groups is 1. The zero-order valence-corrected chi connectivity index (χ0v) is 7.31. The lowest BCUT2D eigenvalue weighted by Crippen LogP contribution is -2.17. The molecule has 0 aliphatic carbocycles. The molecule has 0 unspecified atom stereocenters. The van der Waals surface area contributed by atoms with Gasteiger partial charge in [0.1, 0.15) is 0 Å². The molecular formula is C5H6N4S2. The molecule has 58 valence electrons.